The van der Waals surface area contributed by atoms with E-state index in [0.717, 1.165) is 6.07 Å². The molecule has 0 amide bonds. The van der Waals surface area contributed by atoms with Crippen LogP contribution in [0, 0.1) is 6.92 Å². The van der Waals surface area contributed by atoms with Crippen molar-refractivity contribution in [2.45, 2.75) is 32.0 Å². The van der Waals surface area contributed by atoms with Gasteiger partial charge in [0.2, 0.25) is 5.78 Å². The zero-order valence-electron chi connectivity index (χ0n) is 16.0. The SMILES string of the molecule is Cc1cc(O)cc(O)c1C(=O)O[C@@]1(C)C(=O)C2=C(C=C(C=CCO)OC2)C[C@H]1O. The van der Waals surface area contributed by atoms with Crippen LogP contribution in [0.1, 0.15) is 29.3 Å². The Morgan fingerprint density at radius 3 is 2.76 bits per heavy atom. The van der Waals surface area contributed by atoms with E-state index in [4.69, 9.17) is 14.6 Å². The van der Waals surface area contributed by atoms with E-state index >= 15 is 0 Å². The lowest BCUT2D eigenvalue weighted by Gasteiger charge is -2.39. The number of phenolic OH excluding ortho intramolecular Hbond substituents is 2. The van der Waals surface area contributed by atoms with Crippen LogP contribution in [0.25, 0.3) is 0 Å². The molecule has 2 aliphatic rings. The highest BCUT2D eigenvalue weighted by Crippen LogP contribution is 2.38. The lowest BCUT2D eigenvalue weighted by Crippen LogP contribution is -2.54. The van der Waals surface area contributed by atoms with E-state index in [1.165, 1.54) is 26.0 Å². The third-order valence-corrected chi connectivity index (χ3v) is 5.06. The average Bonchev–Trinajstić information content (AvgIpc) is 2.64. The lowest BCUT2D eigenvalue weighted by atomic mass is 9.77. The summed E-state index contributed by atoms with van der Waals surface area (Å²) in [6.07, 6.45) is 3.39. The van der Waals surface area contributed by atoms with E-state index in [1.807, 2.05) is 0 Å². The van der Waals surface area contributed by atoms with E-state index in [0.29, 0.717) is 16.9 Å². The third-order valence-electron chi connectivity index (χ3n) is 5.06. The van der Waals surface area contributed by atoms with Gasteiger partial charge in [0.05, 0.1) is 6.61 Å². The van der Waals surface area contributed by atoms with Crippen molar-refractivity contribution in [3.8, 4) is 11.5 Å². The molecule has 0 fully saturated rings. The summed E-state index contributed by atoms with van der Waals surface area (Å²) >= 11 is 0. The van der Waals surface area contributed by atoms with Crippen LogP contribution in [0.4, 0.5) is 0 Å². The minimum atomic E-state index is -1.86. The second-order valence-corrected chi connectivity index (χ2v) is 7.13. The normalized spacial score (nSPS) is 24.2. The van der Waals surface area contributed by atoms with Gasteiger partial charge in [0.1, 0.15) is 35.5 Å². The largest absolute Gasteiger partial charge is 0.508 e. The molecule has 1 aromatic rings. The second-order valence-electron chi connectivity index (χ2n) is 7.13. The monoisotopic (exact) mass is 402 g/mol. The fourth-order valence-corrected chi connectivity index (χ4v) is 3.43. The number of aromatic hydroxyl groups is 2. The number of esters is 1. The number of ketones is 1. The van der Waals surface area contributed by atoms with Crippen molar-refractivity contribution in [3.05, 3.63) is 58.4 Å². The first-order valence-corrected chi connectivity index (χ1v) is 9.00. The molecule has 154 valence electrons. The quantitative estimate of drug-likeness (QED) is 0.556. The highest BCUT2D eigenvalue weighted by molar-refractivity contribution is 6.07. The minimum Gasteiger partial charge on any atom is -0.508 e. The Morgan fingerprint density at radius 2 is 2.10 bits per heavy atom. The Hall–Kier alpha value is -3.10. The molecule has 0 saturated heterocycles. The third kappa shape index (κ3) is 3.76. The smallest absolute Gasteiger partial charge is 0.343 e. The van der Waals surface area contributed by atoms with Crippen LogP contribution in [0.3, 0.4) is 0 Å². The van der Waals surface area contributed by atoms with E-state index in [2.05, 4.69) is 0 Å². The molecule has 2 atom stereocenters. The van der Waals surface area contributed by atoms with Gasteiger partial charge in [0.15, 0.2) is 5.60 Å². The van der Waals surface area contributed by atoms with E-state index in [-0.39, 0.29) is 36.5 Å². The number of phenols is 2. The maximum absolute atomic E-state index is 13.0. The summed E-state index contributed by atoms with van der Waals surface area (Å²) in [6.45, 7) is 2.60. The van der Waals surface area contributed by atoms with Crippen molar-refractivity contribution < 1.29 is 39.5 Å². The van der Waals surface area contributed by atoms with Gasteiger partial charge in [0, 0.05) is 18.1 Å². The minimum absolute atomic E-state index is 0.0564. The lowest BCUT2D eigenvalue weighted by molar-refractivity contribution is -0.147. The molecule has 0 unspecified atom stereocenters. The Bertz CT molecular complexity index is 932. The molecule has 1 aromatic carbocycles. The van der Waals surface area contributed by atoms with Gasteiger partial charge in [0.25, 0.3) is 0 Å². The predicted molar refractivity (Wildman–Crippen MR) is 101 cm³/mol. The van der Waals surface area contributed by atoms with Crippen LogP contribution in [0.15, 0.2) is 47.3 Å². The number of aryl methyl sites for hydroxylation is 1. The molecule has 4 N–H and O–H groups in total. The van der Waals surface area contributed by atoms with Gasteiger partial charge >= 0.3 is 5.97 Å². The summed E-state index contributed by atoms with van der Waals surface area (Å²) in [5, 5.41) is 39.0. The van der Waals surface area contributed by atoms with Crippen LogP contribution in [-0.4, -0.2) is 57.1 Å². The first kappa shape index (κ1) is 20.6. The van der Waals surface area contributed by atoms with Gasteiger partial charge in [-0.15, -0.1) is 0 Å². The molecule has 3 rings (SSSR count). The van der Waals surface area contributed by atoms with Crippen LogP contribution in [0.5, 0.6) is 11.5 Å². The number of allylic oxidation sites excluding steroid dienone is 2. The first-order valence-electron chi connectivity index (χ1n) is 9.00. The molecule has 1 aliphatic carbocycles. The topological polar surface area (TPSA) is 134 Å². The number of aliphatic hydroxyl groups is 2. The van der Waals surface area contributed by atoms with E-state index in [9.17, 15) is 24.9 Å². The van der Waals surface area contributed by atoms with Crippen molar-refractivity contribution >= 4 is 11.8 Å². The molecule has 0 saturated carbocycles. The molecule has 0 spiro atoms. The highest BCUT2D eigenvalue weighted by atomic mass is 16.6. The number of carbonyl (C=O) groups is 2. The van der Waals surface area contributed by atoms with E-state index in [1.54, 1.807) is 12.2 Å². The highest BCUT2D eigenvalue weighted by Gasteiger charge is 2.50. The summed E-state index contributed by atoms with van der Waals surface area (Å²) in [6, 6.07) is 2.27. The zero-order chi connectivity index (χ0) is 21.3. The molecule has 1 heterocycles. The van der Waals surface area contributed by atoms with Gasteiger partial charge in [-0.25, -0.2) is 4.79 Å². The van der Waals surface area contributed by atoms with E-state index < -0.39 is 29.2 Å². The molecule has 29 heavy (non-hydrogen) atoms. The number of aliphatic hydroxyl groups excluding tert-OH is 2. The van der Waals surface area contributed by atoms with Crippen molar-refractivity contribution in [1.29, 1.82) is 0 Å². The zero-order valence-corrected chi connectivity index (χ0v) is 16.0. The van der Waals surface area contributed by atoms with Crippen LogP contribution in [0.2, 0.25) is 0 Å². The van der Waals surface area contributed by atoms with Crippen molar-refractivity contribution in [2.75, 3.05) is 13.2 Å². The molecule has 0 aromatic heterocycles. The summed E-state index contributed by atoms with van der Waals surface area (Å²) in [5.41, 5.74) is -0.928. The van der Waals surface area contributed by atoms with Crippen molar-refractivity contribution in [2.24, 2.45) is 0 Å². The van der Waals surface area contributed by atoms with Crippen LogP contribution < -0.4 is 0 Å². The Kier molecular flexibility index (Phi) is 5.50. The Balaban J connectivity index is 1.91. The number of carbonyl (C=O) groups excluding carboxylic acids is 2. The van der Waals surface area contributed by atoms with Gasteiger partial charge < -0.3 is 29.9 Å². The summed E-state index contributed by atoms with van der Waals surface area (Å²) in [7, 11) is 0. The fourth-order valence-electron chi connectivity index (χ4n) is 3.43. The maximum atomic E-state index is 13.0. The number of Topliss-reactive ketones (excluding diaryl/α,β-unsaturated/α-hetero) is 1. The number of benzene rings is 1. The summed E-state index contributed by atoms with van der Waals surface area (Å²) in [5.74, 6) is -1.83. The van der Waals surface area contributed by atoms with Crippen LogP contribution in [-0.2, 0) is 14.3 Å². The first-order chi connectivity index (χ1) is 13.7. The number of rotatable bonds is 4. The molecule has 0 bridgehead atoms. The van der Waals surface area contributed by atoms with Gasteiger partial charge in [-0.05, 0) is 43.2 Å². The van der Waals surface area contributed by atoms with Gasteiger partial charge in [-0.2, -0.15) is 0 Å². The predicted octanol–water partition coefficient (Wildman–Crippen LogP) is 1.41. The summed E-state index contributed by atoms with van der Waals surface area (Å²) in [4.78, 5) is 25.7. The van der Waals surface area contributed by atoms with Gasteiger partial charge in [-0.1, -0.05) is 6.08 Å². The summed E-state index contributed by atoms with van der Waals surface area (Å²) < 4.78 is 10.9. The van der Waals surface area contributed by atoms with Crippen molar-refractivity contribution in [3.63, 3.8) is 0 Å². The van der Waals surface area contributed by atoms with Crippen molar-refractivity contribution in [1.82, 2.24) is 0 Å². The fraction of sp³-hybridized carbons (Fsp3) is 0.333. The molecule has 0 radical (unpaired) electrons. The standard InChI is InChI=1S/C21H22O8/c1-11-6-13(23)9-16(24)18(11)20(27)29-21(2)17(25)8-12-7-14(4-3-5-22)28-10-15(12)19(21)26/h3-4,6-7,9,17,22-25H,5,8,10H2,1-2H3/t17-,21-/m1/s1. The molecule has 8 nitrogen and oxygen atoms in total. The number of ether oxygens (including phenoxy) is 2. The Labute approximate surface area is 167 Å². The second kappa shape index (κ2) is 7.73. The van der Waals surface area contributed by atoms with Crippen LogP contribution >= 0.6 is 0 Å². The Morgan fingerprint density at radius 1 is 1.38 bits per heavy atom. The number of hydrogen-bond donors (Lipinski definition) is 4. The van der Waals surface area contributed by atoms with Gasteiger partial charge in [-0.3, -0.25) is 4.79 Å². The molecule has 1 aliphatic heterocycles. The molecular formula is C21H22O8. The molecule has 8 heteroatoms. The maximum Gasteiger partial charge on any atom is 0.343 e. The average molecular weight is 402 g/mol. The molecular weight excluding hydrogens is 380 g/mol. The number of hydrogen-bond acceptors (Lipinski definition) is 8.